The molecule has 1 amide bonds. The third-order valence-electron chi connectivity index (χ3n) is 3.53. The molecule has 0 N–H and O–H groups in total. The van der Waals surface area contributed by atoms with E-state index in [-0.39, 0.29) is 17.8 Å². The highest BCUT2D eigenvalue weighted by Gasteiger charge is 2.29. The molecule has 1 heterocycles. The fourth-order valence-electron chi connectivity index (χ4n) is 2.42. The number of piperidine rings is 1. The van der Waals surface area contributed by atoms with Crippen molar-refractivity contribution in [3.8, 4) is 0 Å². The third-order valence-corrected chi connectivity index (χ3v) is 3.86. The molecule has 0 atom stereocenters. The number of carbonyl (C=O) groups is 2. The summed E-state index contributed by atoms with van der Waals surface area (Å²) in [7, 11) is 0. The first-order chi connectivity index (χ1) is 9.63. The zero-order valence-corrected chi connectivity index (χ0v) is 12.2. The molecule has 5 heteroatoms. The van der Waals surface area contributed by atoms with E-state index >= 15 is 0 Å². The highest BCUT2D eigenvalue weighted by Crippen LogP contribution is 2.25. The molecule has 1 saturated heterocycles. The largest absolute Gasteiger partial charge is 0.450 e. The van der Waals surface area contributed by atoms with Crippen LogP contribution in [0.3, 0.4) is 0 Å². The van der Waals surface area contributed by atoms with Crippen LogP contribution in [0.2, 0.25) is 5.02 Å². The van der Waals surface area contributed by atoms with E-state index in [4.69, 9.17) is 16.3 Å². The van der Waals surface area contributed by atoms with Crippen molar-refractivity contribution >= 4 is 23.5 Å². The molecular weight excluding hydrogens is 278 g/mol. The van der Waals surface area contributed by atoms with E-state index in [2.05, 4.69) is 0 Å². The van der Waals surface area contributed by atoms with Crippen LogP contribution in [0.5, 0.6) is 0 Å². The van der Waals surface area contributed by atoms with Gasteiger partial charge in [0.25, 0.3) is 0 Å². The second-order valence-electron chi connectivity index (χ2n) is 4.80. The predicted molar refractivity (Wildman–Crippen MR) is 77.1 cm³/mol. The molecule has 0 radical (unpaired) electrons. The van der Waals surface area contributed by atoms with Gasteiger partial charge in [-0.25, -0.2) is 4.79 Å². The number of benzene rings is 1. The van der Waals surface area contributed by atoms with Crippen molar-refractivity contribution in [3.63, 3.8) is 0 Å². The zero-order chi connectivity index (χ0) is 14.5. The van der Waals surface area contributed by atoms with Gasteiger partial charge in [-0.05, 0) is 31.9 Å². The molecule has 1 aromatic carbocycles. The molecule has 0 unspecified atom stereocenters. The lowest BCUT2D eigenvalue weighted by Gasteiger charge is -2.30. The maximum absolute atomic E-state index is 12.4. The number of halogens is 1. The first-order valence-electron chi connectivity index (χ1n) is 6.84. The van der Waals surface area contributed by atoms with Crippen molar-refractivity contribution in [1.29, 1.82) is 0 Å². The highest BCUT2D eigenvalue weighted by atomic mass is 35.5. The Labute approximate surface area is 123 Å². The Bertz CT molecular complexity index is 496. The lowest BCUT2D eigenvalue weighted by molar-refractivity contribution is 0.0754. The van der Waals surface area contributed by atoms with Gasteiger partial charge in [0.2, 0.25) is 0 Å². The lowest BCUT2D eigenvalue weighted by atomic mass is 9.89. The molecule has 1 fully saturated rings. The molecule has 20 heavy (non-hydrogen) atoms. The van der Waals surface area contributed by atoms with E-state index < -0.39 is 0 Å². The standard InChI is InChI=1S/C15H18ClNO3/c1-2-20-15(19)17-9-7-11(8-10-17)14(18)12-5-3-4-6-13(12)16/h3-6,11H,2,7-10H2,1H3. The van der Waals surface area contributed by atoms with Crippen molar-refractivity contribution in [2.45, 2.75) is 19.8 Å². The smallest absolute Gasteiger partial charge is 0.409 e. The van der Waals surface area contributed by atoms with Crippen molar-refractivity contribution in [2.75, 3.05) is 19.7 Å². The first-order valence-corrected chi connectivity index (χ1v) is 7.21. The summed E-state index contributed by atoms with van der Waals surface area (Å²) in [5.41, 5.74) is 0.573. The minimum absolute atomic E-state index is 0.0686. The summed E-state index contributed by atoms with van der Waals surface area (Å²) in [6.07, 6.45) is 1.02. The van der Waals surface area contributed by atoms with Crippen LogP contribution in [0.1, 0.15) is 30.1 Å². The number of Topliss-reactive ketones (excluding diaryl/α,β-unsaturated/α-hetero) is 1. The number of carbonyl (C=O) groups excluding carboxylic acids is 2. The summed E-state index contributed by atoms with van der Waals surface area (Å²) in [4.78, 5) is 25.7. The second-order valence-corrected chi connectivity index (χ2v) is 5.21. The Balaban J connectivity index is 1.96. The van der Waals surface area contributed by atoms with Gasteiger partial charge in [0.15, 0.2) is 5.78 Å². The average molecular weight is 296 g/mol. The molecule has 4 nitrogen and oxygen atoms in total. The summed E-state index contributed by atoms with van der Waals surface area (Å²) in [5.74, 6) is -0.000291. The van der Waals surface area contributed by atoms with Gasteiger partial charge in [0.05, 0.1) is 11.6 Å². The van der Waals surface area contributed by atoms with Crippen molar-refractivity contribution in [2.24, 2.45) is 5.92 Å². The van der Waals surface area contributed by atoms with Gasteiger partial charge in [0, 0.05) is 24.6 Å². The average Bonchev–Trinajstić information content (AvgIpc) is 2.47. The molecular formula is C15H18ClNO3. The van der Waals surface area contributed by atoms with Crippen LogP contribution < -0.4 is 0 Å². The van der Waals surface area contributed by atoms with Gasteiger partial charge in [-0.2, -0.15) is 0 Å². The highest BCUT2D eigenvalue weighted by molar-refractivity contribution is 6.34. The van der Waals surface area contributed by atoms with Crippen LogP contribution in [0, 0.1) is 5.92 Å². The van der Waals surface area contributed by atoms with E-state index in [9.17, 15) is 9.59 Å². The Morgan fingerprint density at radius 3 is 2.55 bits per heavy atom. The van der Waals surface area contributed by atoms with Crippen molar-refractivity contribution < 1.29 is 14.3 Å². The maximum Gasteiger partial charge on any atom is 0.409 e. The van der Waals surface area contributed by atoms with E-state index in [1.165, 1.54) is 0 Å². The molecule has 0 bridgehead atoms. The molecule has 2 rings (SSSR count). The quantitative estimate of drug-likeness (QED) is 0.803. The molecule has 0 aromatic heterocycles. The number of hydrogen-bond donors (Lipinski definition) is 0. The van der Waals surface area contributed by atoms with Crippen molar-refractivity contribution in [1.82, 2.24) is 4.90 Å². The van der Waals surface area contributed by atoms with E-state index in [1.807, 2.05) is 12.1 Å². The maximum atomic E-state index is 12.4. The topological polar surface area (TPSA) is 46.6 Å². The van der Waals surface area contributed by atoms with Crippen LogP contribution in [-0.2, 0) is 4.74 Å². The van der Waals surface area contributed by atoms with Crippen LogP contribution in [0.25, 0.3) is 0 Å². The zero-order valence-electron chi connectivity index (χ0n) is 11.5. The number of rotatable bonds is 3. The van der Waals surface area contributed by atoms with Crippen LogP contribution in [-0.4, -0.2) is 36.5 Å². The van der Waals surface area contributed by atoms with Crippen molar-refractivity contribution in [3.05, 3.63) is 34.9 Å². The molecule has 1 aromatic rings. The molecule has 1 aliphatic heterocycles. The number of likely N-dealkylation sites (tertiary alicyclic amines) is 1. The van der Waals surface area contributed by atoms with Crippen LogP contribution >= 0.6 is 11.6 Å². The number of nitrogens with zero attached hydrogens (tertiary/aromatic N) is 1. The molecule has 0 spiro atoms. The Kier molecular flexibility index (Phi) is 5.01. The molecule has 108 valence electrons. The minimum atomic E-state index is -0.295. The van der Waals surface area contributed by atoms with Gasteiger partial charge in [-0.1, -0.05) is 23.7 Å². The van der Waals surface area contributed by atoms with Gasteiger partial charge in [0.1, 0.15) is 0 Å². The minimum Gasteiger partial charge on any atom is -0.450 e. The summed E-state index contributed by atoms with van der Waals surface area (Å²) < 4.78 is 4.96. The lowest BCUT2D eigenvalue weighted by Crippen LogP contribution is -2.40. The molecule has 1 aliphatic rings. The fraction of sp³-hybridized carbons (Fsp3) is 0.467. The first kappa shape index (κ1) is 14.9. The summed E-state index contributed by atoms with van der Waals surface area (Å²) in [6.45, 7) is 3.27. The Morgan fingerprint density at radius 1 is 1.30 bits per heavy atom. The van der Waals surface area contributed by atoms with Gasteiger partial charge < -0.3 is 9.64 Å². The predicted octanol–water partition coefficient (Wildman–Crippen LogP) is 3.39. The fourth-order valence-corrected chi connectivity index (χ4v) is 2.65. The monoisotopic (exact) mass is 295 g/mol. The summed E-state index contributed by atoms with van der Waals surface area (Å²) in [5, 5.41) is 0.491. The Morgan fingerprint density at radius 2 is 1.95 bits per heavy atom. The molecule has 0 saturated carbocycles. The van der Waals surface area contributed by atoms with E-state index in [1.54, 1.807) is 24.0 Å². The number of hydrogen-bond acceptors (Lipinski definition) is 3. The summed E-state index contributed by atoms with van der Waals surface area (Å²) in [6, 6.07) is 7.10. The van der Waals surface area contributed by atoms with Crippen LogP contribution in [0.15, 0.2) is 24.3 Å². The molecule has 0 aliphatic carbocycles. The normalized spacial score (nSPS) is 16.0. The van der Waals surface area contributed by atoms with E-state index in [0.717, 1.165) is 0 Å². The SMILES string of the molecule is CCOC(=O)N1CCC(C(=O)c2ccccc2Cl)CC1. The van der Waals surface area contributed by atoms with Gasteiger partial charge >= 0.3 is 6.09 Å². The Hall–Kier alpha value is -1.55. The summed E-state index contributed by atoms with van der Waals surface area (Å²) >= 11 is 6.05. The van der Waals surface area contributed by atoms with Crippen LogP contribution in [0.4, 0.5) is 4.79 Å². The second kappa shape index (κ2) is 6.75. The van der Waals surface area contributed by atoms with Gasteiger partial charge in [-0.15, -0.1) is 0 Å². The number of ketones is 1. The number of ether oxygens (including phenoxy) is 1. The van der Waals surface area contributed by atoms with E-state index in [0.29, 0.717) is 43.1 Å². The number of amides is 1. The third kappa shape index (κ3) is 3.31. The van der Waals surface area contributed by atoms with Gasteiger partial charge in [-0.3, -0.25) is 4.79 Å².